The highest BCUT2D eigenvalue weighted by Gasteiger charge is 2.23. The lowest BCUT2D eigenvalue weighted by Gasteiger charge is -2.37. The SMILES string of the molecule is COc1cccc(N2CCN(c3ncc(NS(=O)(=O)c4cc(OC)ccc4OC)cc3Cl)CC2)c1. The summed E-state index contributed by atoms with van der Waals surface area (Å²) in [7, 11) is 0.551. The largest absolute Gasteiger partial charge is 0.497 e. The van der Waals surface area contributed by atoms with Crippen molar-refractivity contribution in [2.24, 2.45) is 0 Å². The first-order valence-electron chi connectivity index (χ1n) is 10.9. The van der Waals surface area contributed by atoms with Crippen molar-refractivity contribution >= 4 is 38.8 Å². The number of benzene rings is 2. The Morgan fingerprint density at radius 3 is 2.23 bits per heavy atom. The molecule has 1 aliphatic rings. The average Bonchev–Trinajstić information content (AvgIpc) is 2.88. The van der Waals surface area contributed by atoms with Crippen LogP contribution in [0.3, 0.4) is 0 Å². The van der Waals surface area contributed by atoms with E-state index in [1.54, 1.807) is 19.2 Å². The number of methoxy groups -OCH3 is 3. The second-order valence-corrected chi connectivity index (χ2v) is 9.89. The zero-order valence-corrected chi connectivity index (χ0v) is 21.3. The first kappa shape index (κ1) is 24.7. The molecule has 1 aromatic heterocycles. The van der Waals surface area contributed by atoms with Gasteiger partial charge in [0.05, 0.1) is 38.2 Å². The minimum absolute atomic E-state index is 0.0480. The molecule has 9 nitrogen and oxygen atoms in total. The first-order chi connectivity index (χ1) is 16.8. The van der Waals surface area contributed by atoms with Crippen molar-refractivity contribution in [1.29, 1.82) is 0 Å². The number of nitrogens with one attached hydrogen (secondary N) is 1. The standard InChI is InChI=1S/C24H27ClN4O5S/c1-32-19-6-4-5-18(14-19)28-9-11-29(12-10-28)24-21(25)13-17(16-26-24)27-35(30,31)23-15-20(33-2)7-8-22(23)34-3/h4-8,13-16,27H,9-12H2,1-3H3. The van der Waals surface area contributed by atoms with E-state index in [2.05, 4.69) is 25.6 Å². The van der Waals surface area contributed by atoms with Crippen LogP contribution < -0.4 is 28.7 Å². The molecule has 11 heteroatoms. The Bertz CT molecular complexity index is 1300. The maximum Gasteiger partial charge on any atom is 0.265 e. The van der Waals surface area contributed by atoms with E-state index in [4.69, 9.17) is 25.8 Å². The molecule has 0 amide bonds. The van der Waals surface area contributed by atoms with E-state index in [1.165, 1.54) is 32.5 Å². The molecule has 35 heavy (non-hydrogen) atoms. The van der Waals surface area contributed by atoms with Crippen molar-refractivity contribution in [2.45, 2.75) is 4.90 Å². The van der Waals surface area contributed by atoms with Crippen molar-refractivity contribution < 1.29 is 22.6 Å². The molecule has 0 aliphatic carbocycles. The topological polar surface area (TPSA) is 93.2 Å². The van der Waals surface area contributed by atoms with Crippen LogP contribution in [0.25, 0.3) is 0 Å². The molecule has 0 saturated carbocycles. The average molecular weight is 519 g/mol. The molecular formula is C24H27ClN4O5S. The zero-order chi connectivity index (χ0) is 25.0. The predicted octanol–water partition coefficient (Wildman–Crippen LogP) is 3.89. The molecule has 4 rings (SSSR count). The van der Waals surface area contributed by atoms with Gasteiger partial charge in [0.15, 0.2) is 0 Å². The van der Waals surface area contributed by atoms with E-state index >= 15 is 0 Å². The summed E-state index contributed by atoms with van der Waals surface area (Å²) in [6.07, 6.45) is 1.46. The third-order valence-electron chi connectivity index (χ3n) is 5.73. The molecule has 1 fully saturated rings. The van der Waals surface area contributed by atoms with Gasteiger partial charge in [0.25, 0.3) is 10.0 Å². The normalized spacial score (nSPS) is 13.9. The van der Waals surface area contributed by atoms with Crippen LogP contribution in [0.4, 0.5) is 17.2 Å². The van der Waals surface area contributed by atoms with Crippen LogP contribution in [0, 0.1) is 0 Å². The van der Waals surface area contributed by atoms with Crippen molar-refractivity contribution in [2.75, 3.05) is 62.0 Å². The summed E-state index contributed by atoms with van der Waals surface area (Å²) in [5.41, 5.74) is 1.35. The van der Waals surface area contributed by atoms with Gasteiger partial charge in [0.2, 0.25) is 0 Å². The van der Waals surface area contributed by atoms with E-state index in [1.807, 2.05) is 18.2 Å². The Hall–Kier alpha value is -3.37. The molecule has 186 valence electrons. The van der Waals surface area contributed by atoms with Crippen LogP contribution in [0.5, 0.6) is 17.2 Å². The number of aromatic nitrogens is 1. The lowest BCUT2D eigenvalue weighted by atomic mass is 10.2. The van der Waals surface area contributed by atoms with Crippen molar-refractivity contribution in [3.05, 3.63) is 59.8 Å². The highest BCUT2D eigenvalue weighted by Crippen LogP contribution is 2.32. The van der Waals surface area contributed by atoms with Gasteiger partial charge >= 0.3 is 0 Å². The summed E-state index contributed by atoms with van der Waals surface area (Å²) in [4.78, 5) is 8.77. The molecule has 2 heterocycles. The fourth-order valence-electron chi connectivity index (χ4n) is 3.91. The van der Waals surface area contributed by atoms with Gasteiger partial charge in [0.1, 0.15) is 28.0 Å². The molecule has 2 aromatic carbocycles. The van der Waals surface area contributed by atoms with Crippen LogP contribution in [-0.2, 0) is 10.0 Å². The number of hydrogen-bond acceptors (Lipinski definition) is 8. The third kappa shape index (κ3) is 5.49. The summed E-state index contributed by atoms with van der Waals surface area (Å²) in [5, 5.41) is 0.359. The van der Waals surface area contributed by atoms with E-state index in [0.29, 0.717) is 16.6 Å². The predicted molar refractivity (Wildman–Crippen MR) is 137 cm³/mol. The second kappa shape index (κ2) is 10.5. The summed E-state index contributed by atoms with van der Waals surface area (Å²) < 4.78 is 44.3. The molecule has 1 N–H and O–H groups in total. The third-order valence-corrected chi connectivity index (χ3v) is 7.41. The molecular weight excluding hydrogens is 492 g/mol. The summed E-state index contributed by atoms with van der Waals surface area (Å²) in [6, 6.07) is 14.1. The Morgan fingerprint density at radius 1 is 0.886 bits per heavy atom. The van der Waals surface area contributed by atoms with E-state index in [0.717, 1.165) is 37.6 Å². The number of halogens is 1. The minimum atomic E-state index is -3.97. The molecule has 0 radical (unpaired) electrons. The highest BCUT2D eigenvalue weighted by atomic mass is 35.5. The Balaban J connectivity index is 1.47. The summed E-state index contributed by atoms with van der Waals surface area (Å²) >= 11 is 6.52. The highest BCUT2D eigenvalue weighted by molar-refractivity contribution is 7.92. The fourth-order valence-corrected chi connectivity index (χ4v) is 5.41. The van der Waals surface area contributed by atoms with E-state index < -0.39 is 10.0 Å². The van der Waals surface area contributed by atoms with Crippen LogP contribution in [0.15, 0.2) is 59.6 Å². The van der Waals surface area contributed by atoms with Crippen LogP contribution in [0.1, 0.15) is 0 Å². The summed E-state index contributed by atoms with van der Waals surface area (Å²) in [6.45, 7) is 3.01. The lowest BCUT2D eigenvalue weighted by molar-refractivity contribution is 0.392. The van der Waals surface area contributed by atoms with E-state index in [9.17, 15) is 8.42 Å². The quantitative estimate of drug-likeness (QED) is 0.480. The van der Waals surface area contributed by atoms with Crippen molar-refractivity contribution in [3.8, 4) is 17.2 Å². The van der Waals surface area contributed by atoms with Gasteiger partial charge in [-0.15, -0.1) is 0 Å². The summed E-state index contributed by atoms with van der Waals surface area (Å²) in [5.74, 6) is 2.02. The van der Waals surface area contributed by atoms with Crippen molar-refractivity contribution in [3.63, 3.8) is 0 Å². The zero-order valence-electron chi connectivity index (χ0n) is 19.7. The number of nitrogens with zero attached hydrogens (tertiary/aromatic N) is 3. The van der Waals surface area contributed by atoms with Gasteiger partial charge in [-0.25, -0.2) is 13.4 Å². The molecule has 1 saturated heterocycles. The number of pyridine rings is 1. The number of hydrogen-bond donors (Lipinski definition) is 1. The monoisotopic (exact) mass is 518 g/mol. The van der Waals surface area contributed by atoms with Gasteiger partial charge in [0, 0.05) is 44.0 Å². The molecule has 0 atom stereocenters. The molecule has 1 aliphatic heterocycles. The Labute approximate surface area is 210 Å². The number of anilines is 3. The lowest BCUT2D eigenvalue weighted by Crippen LogP contribution is -2.47. The number of piperazine rings is 1. The first-order valence-corrected chi connectivity index (χ1v) is 12.7. The van der Waals surface area contributed by atoms with Gasteiger partial charge in [-0.3, -0.25) is 4.72 Å². The van der Waals surface area contributed by atoms with Crippen LogP contribution >= 0.6 is 11.6 Å². The number of sulfonamides is 1. The van der Waals surface area contributed by atoms with Gasteiger partial charge < -0.3 is 24.0 Å². The Kier molecular flexibility index (Phi) is 7.42. The van der Waals surface area contributed by atoms with Crippen molar-refractivity contribution in [1.82, 2.24) is 4.98 Å². The molecule has 0 bridgehead atoms. The Morgan fingerprint density at radius 2 is 1.57 bits per heavy atom. The van der Waals surface area contributed by atoms with E-state index in [-0.39, 0.29) is 16.3 Å². The maximum atomic E-state index is 13.0. The number of ether oxygens (including phenoxy) is 3. The molecule has 0 spiro atoms. The maximum absolute atomic E-state index is 13.0. The number of rotatable bonds is 8. The molecule has 0 unspecified atom stereocenters. The van der Waals surface area contributed by atoms with Gasteiger partial charge in [-0.05, 0) is 30.3 Å². The van der Waals surface area contributed by atoms with Gasteiger partial charge in [-0.2, -0.15) is 0 Å². The minimum Gasteiger partial charge on any atom is -0.497 e. The van der Waals surface area contributed by atoms with Crippen LogP contribution in [-0.4, -0.2) is 60.9 Å². The van der Waals surface area contributed by atoms with Crippen LogP contribution in [0.2, 0.25) is 5.02 Å². The second-order valence-electron chi connectivity index (χ2n) is 7.83. The fraction of sp³-hybridized carbons (Fsp3) is 0.292. The smallest absolute Gasteiger partial charge is 0.265 e. The molecule has 3 aromatic rings. The van der Waals surface area contributed by atoms with Gasteiger partial charge in [-0.1, -0.05) is 17.7 Å².